The molecule has 0 atom stereocenters. The molecule has 22 heavy (non-hydrogen) atoms. The first-order valence-electron chi connectivity index (χ1n) is 7.93. The van der Waals surface area contributed by atoms with Crippen molar-refractivity contribution in [3.8, 4) is 0 Å². The topological polar surface area (TPSA) is 29.5 Å². The van der Waals surface area contributed by atoms with E-state index in [2.05, 4.69) is 32.9 Å². The Hall–Kier alpha value is -1.48. The Morgan fingerprint density at radius 2 is 1.86 bits per heavy atom. The van der Waals surface area contributed by atoms with Crippen LogP contribution in [0.4, 0.5) is 5.69 Å². The number of benzene rings is 1. The molecular weight excluding hydrogens is 298 g/mol. The van der Waals surface area contributed by atoms with Crippen molar-refractivity contribution >= 4 is 23.2 Å². The number of rotatable bonds is 9. The third-order valence-electron chi connectivity index (χ3n) is 3.50. The molecule has 3 nitrogen and oxygen atoms in total. The Labute approximate surface area is 138 Å². The highest BCUT2D eigenvalue weighted by Gasteiger charge is 2.20. The molecule has 0 aliphatic carbocycles. The quantitative estimate of drug-likeness (QED) is 0.375. The summed E-state index contributed by atoms with van der Waals surface area (Å²) in [4.78, 5) is 13.9. The molecule has 0 fully saturated rings. The molecule has 0 bridgehead atoms. The maximum absolute atomic E-state index is 12.3. The van der Waals surface area contributed by atoms with Gasteiger partial charge in [0, 0.05) is 0 Å². The van der Waals surface area contributed by atoms with E-state index in [4.69, 9.17) is 16.3 Å². The highest BCUT2D eigenvalue weighted by Crippen LogP contribution is 2.27. The number of anilines is 1. The predicted octanol–water partition coefficient (Wildman–Crippen LogP) is 4.67. The summed E-state index contributed by atoms with van der Waals surface area (Å²) in [7, 11) is 0. The highest BCUT2D eigenvalue weighted by molar-refractivity contribution is 6.29. The van der Waals surface area contributed by atoms with E-state index in [9.17, 15) is 4.79 Å². The number of carbonyl (C=O) groups excluding carboxylic acids is 1. The minimum Gasteiger partial charge on any atom is -0.481 e. The van der Waals surface area contributed by atoms with Gasteiger partial charge in [0.05, 0.1) is 11.9 Å². The van der Waals surface area contributed by atoms with Gasteiger partial charge in [0.1, 0.15) is 5.88 Å². The molecule has 122 valence electrons. The summed E-state index contributed by atoms with van der Waals surface area (Å²) in [5, 5.41) is 0. The summed E-state index contributed by atoms with van der Waals surface area (Å²) < 4.78 is 5.54. The monoisotopic (exact) mass is 323 g/mol. The average Bonchev–Trinajstić information content (AvgIpc) is 2.57. The van der Waals surface area contributed by atoms with Gasteiger partial charge in [-0.3, -0.25) is 9.69 Å². The second-order valence-corrected chi connectivity index (χ2v) is 5.31. The lowest BCUT2D eigenvalue weighted by Crippen LogP contribution is -2.35. The standard InChI is InChI=1S/C18H26ClNO2/c1-4-7-8-12-22-14-20(17(21)13-19)18-15(5-2)10-9-11-16(18)6-3/h8-12H,4-7,13-14H2,1-3H3/b12-8-. The molecule has 0 aliphatic rings. The third kappa shape index (κ3) is 5.06. The van der Waals surface area contributed by atoms with Gasteiger partial charge in [-0.25, -0.2) is 0 Å². The van der Waals surface area contributed by atoms with Gasteiger partial charge in [-0.15, -0.1) is 11.6 Å². The van der Waals surface area contributed by atoms with Crippen molar-refractivity contribution in [2.45, 2.75) is 46.5 Å². The number of hydrogen-bond donors (Lipinski definition) is 0. The molecule has 0 saturated carbocycles. The molecule has 0 radical (unpaired) electrons. The lowest BCUT2D eigenvalue weighted by molar-refractivity contribution is -0.117. The fraction of sp³-hybridized carbons (Fsp3) is 0.500. The number of para-hydroxylation sites is 1. The van der Waals surface area contributed by atoms with Crippen molar-refractivity contribution in [2.75, 3.05) is 17.5 Å². The number of nitrogens with zero attached hydrogens (tertiary/aromatic N) is 1. The smallest absolute Gasteiger partial charge is 0.244 e. The van der Waals surface area contributed by atoms with Crippen molar-refractivity contribution in [3.05, 3.63) is 41.7 Å². The number of aryl methyl sites for hydroxylation is 2. The summed E-state index contributed by atoms with van der Waals surface area (Å²) in [5.74, 6) is -0.190. The van der Waals surface area contributed by atoms with E-state index in [1.807, 2.05) is 12.1 Å². The van der Waals surface area contributed by atoms with Crippen molar-refractivity contribution in [1.82, 2.24) is 0 Å². The van der Waals surface area contributed by atoms with Crippen LogP contribution in [-0.4, -0.2) is 18.5 Å². The molecule has 0 heterocycles. The minimum atomic E-state index is -0.138. The van der Waals surface area contributed by atoms with E-state index >= 15 is 0 Å². The Morgan fingerprint density at radius 3 is 2.36 bits per heavy atom. The van der Waals surface area contributed by atoms with Gasteiger partial charge in [0.2, 0.25) is 5.91 Å². The molecule has 0 spiro atoms. The minimum absolute atomic E-state index is 0.0523. The van der Waals surface area contributed by atoms with Crippen LogP contribution in [0.25, 0.3) is 0 Å². The van der Waals surface area contributed by atoms with Gasteiger partial charge in [-0.1, -0.05) is 45.4 Å². The van der Waals surface area contributed by atoms with Crippen LogP contribution in [0.5, 0.6) is 0 Å². The Balaban J connectivity index is 3.04. The van der Waals surface area contributed by atoms with Crippen LogP contribution in [0.1, 0.15) is 44.7 Å². The van der Waals surface area contributed by atoms with Crippen molar-refractivity contribution in [3.63, 3.8) is 0 Å². The molecular formula is C18H26ClNO2. The molecule has 1 aromatic rings. The number of hydrogen-bond acceptors (Lipinski definition) is 2. The van der Waals surface area contributed by atoms with Gasteiger partial charge >= 0.3 is 0 Å². The maximum Gasteiger partial charge on any atom is 0.244 e. The summed E-state index contributed by atoms with van der Waals surface area (Å²) in [6.45, 7) is 6.47. The van der Waals surface area contributed by atoms with E-state index in [0.29, 0.717) is 0 Å². The lowest BCUT2D eigenvalue weighted by atomic mass is 10.0. The van der Waals surface area contributed by atoms with Crippen molar-refractivity contribution < 1.29 is 9.53 Å². The first kappa shape index (κ1) is 18.6. The number of carbonyl (C=O) groups is 1. The average molecular weight is 324 g/mol. The normalized spacial score (nSPS) is 10.9. The summed E-state index contributed by atoms with van der Waals surface area (Å²) in [5.41, 5.74) is 3.22. The fourth-order valence-corrected chi connectivity index (χ4v) is 2.46. The zero-order chi connectivity index (χ0) is 16.4. The zero-order valence-electron chi connectivity index (χ0n) is 13.8. The SMILES string of the molecule is CCC/C=C\OCN(C(=O)CCl)c1c(CC)cccc1CC. The highest BCUT2D eigenvalue weighted by atomic mass is 35.5. The zero-order valence-corrected chi connectivity index (χ0v) is 14.5. The number of allylic oxidation sites excluding steroid dienone is 1. The summed E-state index contributed by atoms with van der Waals surface area (Å²) in [6.07, 6.45) is 7.40. The molecule has 0 unspecified atom stereocenters. The molecule has 0 saturated heterocycles. The number of alkyl halides is 1. The third-order valence-corrected chi connectivity index (χ3v) is 3.73. The van der Waals surface area contributed by atoms with Crippen LogP contribution >= 0.6 is 11.6 Å². The van der Waals surface area contributed by atoms with Crippen LogP contribution in [0.3, 0.4) is 0 Å². The lowest BCUT2D eigenvalue weighted by Gasteiger charge is -2.26. The van der Waals surface area contributed by atoms with Gasteiger partial charge in [0.25, 0.3) is 0 Å². The van der Waals surface area contributed by atoms with E-state index < -0.39 is 0 Å². The Morgan fingerprint density at radius 1 is 1.23 bits per heavy atom. The van der Waals surface area contributed by atoms with Crippen molar-refractivity contribution in [1.29, 1.82) is 0 Å². The predicted molar refractivity (Wildman–Crippen MR) is 93.4 cm³/mol. The Bertz CT molecular complexity index is 478. The van der Waals surface area contributed by atoms with Gasteiger partial charge < -0.3 is 4.74 Å². The van der Waals surface area contributed by atoms with Gasteiger partial charge in [-0.2, -0.15) is 0 Å². The molecule has 1 amide bonds. The van der Waals surface area contributed by atoms with Crippen LogP contribution in [-0.2, 0) is 22.4 Å². The van der Waals surface area contributed by atoms with E-state index in [0.717, 1.165) is 42.5 Å². The second kappa shape index (κ2) is 10.3. The second-order valence-electron chi connectivity index (χ2n) is 5.04. The number of amides is 1. The molecule has 1 rings (SSSR count). The van der Waals surface area contributed by atoms with Crippen LogP contribution in [0, 0.1) is 0 Å². The maximum atomic E-state index is 12.3. The van der Waals surface area contributed by atoms with Crippen LogP contribution < -0.4 is 4.90 Å². The molecule has 0 aromatic heterocycles. The first-order valence-corrected chi connectivity index (χ1v) is 8.46. The van der Waals surface area contributed by atoms with E-state index in [1.165, 1.54) is 0 Å². The van der Waals surface area contributed by atoms with Crippen LogP contribution in [0.15, 0.2) is 30.5 Å². The number of unbranched alkanes of at least 4 members (excludes halogenated alkanes) is 1. The molecule has 4 heteroatoms. The molecule has 1 aromatic carbocycles. The van der Waals surface area contributed by atoms with E-state index in [1.54, 1.807) is 11.2 Å². The van der Waals surface area contributed by atoms with E-state index in [-0.39, 0.29) is 18.5 Å². The number of halogens is 1. The first-order chi connectivity index (χ1) is 10.7. The van der Waals surface area contributed by atoms with Crippen molar-refractivity contribution in [2.24, 2.45) is 0 Å². The summed E-state index contributed by atoms with van der Waals surface area (Å²) >= 11 is 5.79. The summed E-state index contributed by atoms with van der Waals surface area (Å²) in [6, 6.07) is 6.14. The molecule has 0 aliphatic heterocycles. The molecule has 0 N–H and O–H groups in total. The fourth-order valence-electron chi connectivity index (χ4n) is 2.32. The Kier molecular flexibility index (Phi) is 8.68. The number of ether oxygens (including phenoxy) is 1. The van der Waals surface area contributed by atoms with Gasteiger partial charge in [-0.05, 0) is 36.5 Å². The largest absolute Gasteiger partial charge is 0.481 e. The van der Waals surface area contributed by atoms with Gasteiger partial charge in [0.15, 0.2) is 6.73 Å². The van der Waals surface area contributed by atoms with Crippen LogP contribution in [0.2, 0.25) is 0 Å².